The molecule has 0 amide bonds. The molecule has 3 aromatic rings. The van der Waals surface area contributed by atoms with Crippen molar-refractivity contribution < 1.29 is 14.6 Å². The van der Waals surface area contributed by atoms with Gasteiger partial charge >= 0.3 is 0 Å². The van der Waals surface area contributed by atoms with Crippen LogP contribution in [0.3, 0.4) is 0 Å². The van der Waals surface area contributed by atoms with Gasteiger partial charge in [-0.05, 0) is 49.5 Å². The number of carbonyl (C=O) groups is 1. The highest BCUT2D eigenvalue weighted by Crippen LogP contribution is 2.43. The quantitative estimate of drug-likeness (QED) is 0.435. The Morgan fingerprint density at radius 2 is 1.59 bits per heavy atom. The first kappa shape index (κ1) is 25.1. The van der Waals surface area contributed by atoms with E-state index in [-0.39, 0.29) is 11.3 Å². The van der Waals surface area contributed by atoms with Crippen LogP contribution in [-0.2, 0) is 5.54 Å². The molecule has 0 saturated heterocycles. The summed E-state index contributed by atoms with van der Waals surface area (Å²) in [5.41, 5.74) is 13.0. The molecule has 34 heavy (non-hydrogen) atoms. The van der Waals surface area contributed by atoms with Crippen molar-refractivity contribution in [2.45, 2.75) is 32.2 Å². The molecule has 0 atom stereocenters. The van der Waals surface area contributed by atoms with Gasteiger partial charge in [0.2, 0.25) is 0 Å². The molecular weight excluding hydrogens is 424 g/mol. The van der Waals surface area contributed by atoms with Crippen molar-refractivity contribution in [2.75, 3.05) is 14.2 Å². The lowest BCUT2D eigenvalue weighted by atomic mass is 9.96. The molecular formula is C29H32N2O3. The van der Waals surface area contributed by atoms with Crippen LogP contribution < -0.4 is 10.5 Å². The van der Waals surface area contributed by atoms with Gasteiger partial charge in [-0.15, -0.1) is 0 Å². The first-order valence-electron chi connectivity index (χ1n) is 11.2. The number of rotatable bonds is 7. The van der Waals surface area contributed by atoms with Crippen LogP contribution >= 0.6 is 0 Å². The minimum atomic E-state index is -0.124. The van der Waals surface area contributed by atoms with Crippen molar-refractivity contribution in [3.05, 3.63) is 83.6 Å². The van der Waals surface area contributed by atoms with E-state index in [2.05, 4.69) is 43.0 Å². The number of carbonyl (C=O) groups excluding carboxylic acids is 1. The van der Waals surface area contributed by atoms with Gasteiger partial charge in [-0.3, -0.25) is 4.79 Å². The second kappa shape index (κ2) is 10.6. The molecule has 4 rings (SSSR count). The van der Waals surface area contributed by atoms with E-state index in [1.165, 1.54) is 12.5 Å². The molecule has 2 aromatic carbocycles. The minimum absolute atomic E-state index is 0.0869. The average molecular weight is 457 g/mol. The Bertz CT molecular complexity index is 1210. The van der Waals surface area contributed by atoms with Crippen LogP contribution in [-0.4, -0.2) is 30.1 Å². The molecule has 0 unspecified atom stereocenters. The Balaban J connectivity index is 0.00000158. The van der Waals surface area contributed by atoms with Crippen LogP contribution in [0.5, 0.6) is 5.75 Å². The normalized spacial score (nSPS) is 13.7. The maximum Gasteiger partial charge on any atom is 0.164 e. The van der Waals surface area contributed by atoms with E-state index in [0.717, 1.165) is 36.6 Å². The second-order valence-electron chi connectivity index (χ2n) is 8.24. The molecule has 1 aromatic heterocycles. The Hall–Kier alpha value is -3.54. The average Bonchev–Trinajstić information content (AvgIpc) is 3.63. The van der Waals surface area contributed by atoms with Crippen LogP contribution in [0, 0.1) is 0 Å². The Labute approximate surface area is 201 Å². The fraction of sp³-hybridized carbons (Fsp3) is 0.241. The summed E-state index contributed by atoms with van der Waals surface area (Å²) in [5, 5.41) is 7.00. The van der Waals surface area contributed by atoms with E-state index < -0.39 is 0 Å². The highest BCUT2D eigenvalue weighted by molar-refractivity contribution is 6.03. The monoisotopic (exact) mass is 456 g/mol. The third kappa shape index (κ3) is 4.86. The molecule has 3 N–H and O–H groups in total. The summed E-state index contributed by atoms with van der Waals surface area (Å²) in [6.45, 7) is 7.33. The highest BCUT2D eigenvalue weighted by Gasteiger charge is 2.39. The lowest BCUT2D eigenvalue weighted by Crippen LogP contribution is -2.18. The summed E-state index contributed by atoms with van der Waals surface area (Å²) in [6, 6.07) is 16.6. The van der Waals surface area contributed by atoms with Gasteiger partial charge in [-0.1, -0.05) is 67.3 Å². The number of pyridine rings is 1. The van der Waals surface area contributed by atoms with Gasteiger partial charge in [-0.25, -0.2) is 4.98 Å². The van der Waals surface area contributed by atoms with E-state index in [4.69, 9.17) is 20.6 Å². The molecule has 1 heterocycles. The molecule has 176 valence electrons. The summed E-state index contributed by atoms with van der Waals surface area (Å²) in [5.74, 6) is 0.381. The standard InChI is InChI=1S/C28H28N2O2.CH4O/c1-5-7-24-23(6-2)25(18(3)31)27(32-4)26(30-24)21-10-8-19(9-11-21)20-12-14-22(15-13-20)28(29)16-17-28;1-2/h5-15H,2,16-17,29H2,1,3-4H3;2H,1H3/b7-5-;. The molecule has 5 nitrogen and oxygen atoms in total. The van der Waals surface area contributed by atoms with Crippen LogP contribution in [0.2, 0.25) is 0 Å². The number of allylic oxidation sites excluding steroid dienone is 1. The molecule has 1 saturated carbocycles. The van der Waals surface area contributed by atoms with Gasteiger partial charge in [0.15, 0.2) is 11.5 Å². The molecule has 0 radical (unpaired) electrons. The fourth-order valence-corrected chi connectivity index (χ4v) is 4.07. The molecule has 5 heteroatoms. The Morgan fingerprint density at radius 3 is 2.03 bits per heavy atom. The predicted octanol–water partition coefficient (Wildman–Crippen LogP) is 5.86. The van der Waals surface area contributed by atoms with Crippen molar-refractivity contribution >= 4 is 17.9 Å². The molecule has 0 spiro atoms. The second-order valence-corrected chi connectivity index (χ2v) is 8.24. The van der Waals surface area contributed by atoms with Crippen LogP contribution in [0.4, 0.5) is 0 Å². The zero-order chi connectivity index (χ0) is 24.9. The molecule has 0 aliphatic heterocycles. The number of benzene rings is 2. The van der Waals surface area contributed by atoms with E-state index in [1.54, 1.807) is 13.2 Å². The van der Waals surface area contributed by atoms with Crippen molar-refractivity contribution in [3.63, 3.8) is 0 Å². The number of ketones is 1. The van der Waals surface area contributed by atoms with Crippen molar-refractivity contribution in [3.8, 4) is 28.1 Å². The van der Waals surface area contributed by atoms with Crippen LogP contribution in [0.25, 0.3) is 34.5 Å². The third-order valence-electron chi connectivity index (χ3n) is 6.04. The lowest BCUT2D eigenvalue weighted by Gasteiger charge is -2.17. The number of nitrogens with two attached hydrogens (primary N) is 1. The highest BCUT2D eigenvalue weighted by atomic mass is 16.5. The van der Waals surface area contributed by atoms with Gasteiger partial charge in [0.05, 0.1) is 18.4 Å². The molecule has 0 bridgehead atoms. The van der Waals surface area contributed by atoms with Crippen molar-refractivity contribution in [2.24, 2.45) is 5.73 Å². The summed E-state index contributed by atoms with van der Waals surface area (Å²) < 4.78 is 5.67. The van der Waals surface area contributed by atoms with Gasteiger partial charge < -0.3 is 15.6 Å². The smallest absolute Gasteiger partial charge is 0.164 e. The largest absolute Gasteiger partial charge is 0.494 e. The SMILES string of the molecule is C=Cc1c(/C=C\C)nc(-c2ccc(-c3ccc(C4(N)CC4)cc3)cc2)c(OC)c1C(C)=O.CO. The summed E-state index contributed by atoms with van der Waals surface area (Å²) in [7, 11) is 2.56. The summed E-state index contributed by atoms with van der Waals surface area (Å²) in [6.07, 6.45) is 7.54. The Morgan fingerprint density at radius 1 is 1.06 bits per heavy atom. The maximum absolute atomic E-state index is 12.5. The number of aromatic nitrogens is 1. The topological polar surface area (TPSA) is 85.4 Å². The number of nitrogens with zero attached hydrogens (tertiary/aromatic N) is 1. The van der Waals surface area contributed by atoms with E-state index in [9.17, 15) is 4.79 Å². The molecule has 1 aliphatic rings. The minimum Gasteiger partial charge on any atom is -0.494 e. The number of methoxy groups -OCH3 is 1. The van der Waals surface area contributed by atoms with Gasteiger partial charge in [-0.2, -0.15) is 0 Å². The summed E-state index contributed by atoms with van der Waals surface area (Å²) >= 11 is 0. The summed E-state index contributed by atoms with van der Waals surface area (Å²) in [4.78, 5) is 17.3. The van der Waals surface area contributed by atoms with Crippen molar-refractivity contribution in [1.82, 2.24) is 4.98 Å². The van der Waals surface area contributed by atoms with Gasteiger partial charge in [0.25, 0.3) is 0 Å². The number of hydrogen-bond acceptors (Lipinski definition) is 5. The predicted molar refractivity (Wildman–Crippen MR) is 140 cm³/mol. The third-order valence-corrected chi connectivity index (χ3v) is 6.04. The molecule has 1 fully saturated rings. The van der Waals surface area contributed by atoms with Crippen molar-refractivity contribution in [1.29, 1.82) is 0 Å². The Kier molecular flexibility index (Phi) is 7.82. The molecule has 1 aliphatic carbocycles. The van der Waals surface area contributed by atoms with E-state index in [1.807, 2.05) is 31.2 Å². The van der Waals surface area contributed by atoms with Crippen LogP contribution in [0.15, 0.2) is 61.2 Å². The first-order chi connectivity index (χ1) is 16.4. The number of aliphatic hydroxyl groups is 1. The first-order valence-corrected chi connectivity index (χ1v) is 11.2. The van der Waals surface area contributed by atoms with Gasteiger partial charge in [0.1, 0.15) is 5.69 Å². The zero-order valence-corrected chi connectivity index (χ0v) is 20.3. The number of Topliss-reactive ketones (excluding diaryl/α,β-unsaturated/α-hetero) is 1. The van der Waals surface area contributed by atoms with Gasteiger partial charge in [0, 0.05) is 23.8 Å². The van der Waals surface area contributed by atoms with E-state index in [0.29, 0.717) is 28.3 Å². The zero-order valence-electron chi connectivity index (χ0n) is 20.3. The lowest BCUT2D eigenvalue weighted by molar-refractivity contribution is 0.101. The number of aliphatic hydroxyl groups excluding tert-OH is 1. The van der Waals surface area contributed by atoms with Crippen LogP contribution in [0.1, 0.15) is 53.9 Å². The fourth-order valence-electron chi connectivity index (χ4n) is 4.07. The van der Waals surface area contributed by atoms with E-state index >= 15 is 0 Å². The number of hydrogen-bond donors (Lipinski definition) is 2. The number of ether oxygens (including phenoxy) is 1. The maximum atomic E-state index is 12.5.